The summed E-state index contributed by atoms with van der Waals surface area (Å²) in [6.07, 6.45) is 2.44. The van der Waals surface area contributed by atoms with Gasteiger partial charge in [0.25, 0.3) is 0 Å². The van der Waals surface area contributed by atoms with Crippen molar-refractivity contribution in [3.63, 3.8) is 0 Å². The van der Waals surface area contributed by atoms with Gasteiger partial charge in [0.05, 0.1) is 6.10 Å². The lowest BCUT2D eigenvalue weighted by Gasteiger charge is -2.18. The highest BCUT2D eigenvalue weighted by atomic mass is 16.5. The van der Waals surface area contributed by atoms with E-state index in [0.29, 0.717) is 23.8 Å². The summed E-state index contributed by atoms with van der Waals surface area (Å²) in [4.78, 5) is 8.81. The summed E-state index contributed by atoms with van der Waals surface area (Å²) < 4.78 is 5.63. The summed E-state index contributed by atoms with van der Waals surface area (Å²) in [5.74, 6) is 2.01. The SMILES string of the molecule is CCC(C)CC(C)Nc1nc(C)cc(OC(C)C)n1. The molecule has 0 aliphatic heterocycles. The Kier molecular flexibility index (Phi) is 6.06. The van der Waals surface area contributed by atoms with Crippen LogP contribution in [0.15, 0.2) is 6.07 Å². The molecule has 1 aromatic rings. The Labute approximate surface area is 117 Å². The Bertz CT molecular complexity index is 393. The Morgan fingerprint density at radius 3 is 2.47 bits per heavy atom. The van der Waals surface area contributed by atoms with Crippen molar-refractivity contribution in [1.82, 2.24) is 9.97 Å². The summed E-state index contributed by atoms with van der Waals surface area (Å²) in [5.41, 5.74) is 0.920. The van der Waals surface area contributed by atoms with Crippen molar-refractivity contribution in [3.05, 3.63) is 11.8 Å². The zero-order chi connectivity index (χ0) is 14.4. The minimum atomic E-state index is 0.125. The van der Waals surface area contributed by atoms with Crippen molar-refractivity contribution >= 4 is 5.95 Å². The highest BCUT2D eigenvalue weighted by molar-refractivity contribution is 5.31. The molecule has 0 aliphatic carbocycles. The van der Waals surface area contributed by atoms with Crippen LogP contribution in [0.5, 0.6) is 5.88 Å². The molecule has 0 aromatic carbocycles. The van der Waals surface area contributed by atoms with Crippen molar-refractivity contribution in [1.29, 1.82) is 0 Å². The van der Waals surface area contributed by atoms with Gasteiger partial charge in [0, 0.05) is 17.8 Å². The maximum Gasteiger partial charge on any atom is 0.226 e. The van der Waals surface area contributed by atoms with Crippen molar-refractivity contribution < 1.29 is 4.74 Å². The van der Waals surface area contributed by atoms with Gasteiger partial charge in [-0.15, -0.1) is 0 Å². The van der Waals surface area contributed by atoms with Gasteiger partial charge in [0.1, 0.15) is 0 Å². The van der Waals surface area contributed by atoms with Crippen LogP contribution < -0.4 is 10.1 Å². The number of aryl methyl sites for hydroxylation is 1. The molecule has 0 saturated carbocycles. The third kappa shape index (κ3) is 5.90. The third-order valence-corrected chi connectivity index (χ3v) is 3.02. The van der Waals surface area contributed by atoms with E-state index in [1.165, 1.54) is 6.42 Å². The number of aromatic nitrogens is 2. The molecule has 2 unspecified atom stereocenters. The highest BCUT2D eigenvalue weighted by Crippen LogP contribution is 2.16. The summed E-state index contributed by atoms with van der Waals surface area (Å²) in [6, 6.07) is 2.23. The average molecular weight is 265 g/mol. The molecule has 0 aliphatic rings. The molecule has 1 heterocycles. The second-order valence-corrected chi connectivity index (χ2v) is 5.63. The van der Waals surface area contributed by atoms with Crippen LogP contribution in [0.3, 0.4) is 0 Å². The van der Waals surface area contributed by atoms with Gasteiger partial charge in [-0.2, -0.15) is 4.98 Å². The van der Waals surface area contributed by atoms with E-state index in [-0.39, 0.29) is 6.10 Å². The van der Waals surface area contributed by atoms with Crippen molar-refractivity contribution in [3.8, 4) is 5.88 Å². The first-order valence-corrected chi connectivity index (χ1v) is 7.19. The quantitative estimate of drug-likeness (QED) is 0.814. The van der Waals surface area contributed by atoms with Crippen LogP contribution >= 0.6 is 0 Å². The third-order valence-electron chi connectivity index (χ3n) is 3.02. The molecule has 1 rings (SSSR count). The molecule has 4 nitrogen and oxygen atoms in total. The molecule has 1 N–H and O–H groups in total. The molecular formula is C15H27N3O. The van der Waals surface area contributed by atoms with E-state index in [1.807, 2.05) is 26.8 Å². The van der Waals surface area contributed by atoms with Crippen molar-refractivity contribution in [2.75, 3.05) is 5.32 Å². The molecule has 4 heteroatoms. The fourth-order valence-electron chi connectivity index (χ4n) is 1.96. The van der Waals surface area contributed by atoms with Gasteiger partial charge in [-0.25, -0.2) is 4.98 Å². The molecule has 0 fully saturated rings. The minimum Gasteiger partial charge on any atom is -0.475 e. The van der Waals surface area contributed by atoms with E-state index in [4.69, 9.17) is 4.74 Å². The van der Waals surface area contributed by atoms with E-state index in [2.05, 4.69) is 36.1 Å². The van der Waals surface area contributed by atoms with Gasteiger partial charge < -0.3 is 10.1 Å². The monoisotopic (exact) mass is 265 g/mol. The lowest BCUT2D eigenvalue weighted by atomic mass is 10.0. The van der Waals surface area contributed by atoms with Crippen LogP contribution in [0.4, 0.5) is 5.95 Å². The van der Waals surface area contributed by atoms with Gasteiger partial charge in [0.15, 0.2) is 0 Å². The first-order chi connectivity index (χ1) is 8.90. The minimum absolute atomic E-state index is 0.125. The Balaban J connectivity index is 2.69. The first kappa shape index (κ1) is 15.7. The molecule has 108 valence electrons. The number of hydrogen-bond acceptors (Lipinski definition) is 4. The summed E-state index contributed by atoms with van der Waals surface area (Å²) in [7, 11) is 0. The van der Waals surface area contributed by atoms with E-state index < -0.39 is 0 Å². The van der Waals surface area contributed by atoms with Crippen LogP contribution in [0.2, 0.25) is 0 Å². The average Bonchev–Trinajstić information content (AvgIpc) is 2.26. The molecule has 0 amide bonds. The van der Waals surface area contributed by atoms with E-state index in [9.17, 15) is 0 Å². The fourth-order valence-corrected chi connectivity index (χ4v) is 1.96. The lowest BCUT2D eigenvalue weighted by molar-refractivity contribution is 0.232. The largest absolute Gasteiger partial charge is 0.475 e. The van der Waals surface area contributed by atoms with Gasteiger partial charge in [-0.05, 0) is 40.0 Å². The second kappa shape index (κ2) is 7.31. The van der Waals surface area contributed by atoms with Gasteiger partial charge >= 0.3 is 0 Å². The number of ether oxygens (including phenoxy) is 1. The van der Waals surface area contributed by atoms with Crippen molar-refractivity contribution in [2.24, 2.45) is 5.92 Å². The van der Waals surface area contributed by atoms with Gasteiger partial charge in [0.2, 0.25) is 11.8 Å². The number of hydrogen-bond donors (Lipinski definition) is 1. The highest BCUT2D eigenvalue weighted by Gasteiger charge is 2.10. The predicted octanol–water partition coefficient (Wildman–Crippen LogP) is 3.81. The predicted molar refractivity (Wildman–Crippen MR) is 79.7 cm³/mol. The molecular weight excluding hydrogens is 238 g/mol. The smallest absolute Gasteiger partial charge is 0.226 e. The number of nitrogens with zero attached hydrogens (tertiary/aromatic N) is 2. The van der Waals surface area contributed by atoms with E-state index >= 15 is 0 Å². The van der Waals surface area contributed by atoms with Crippen LogP contribution in [0.25, 0.3) is 0 Å². The van der Waals surface area contributed by atoms with Gasteiger partial charge in [-0.1, -0.05) is 20.3 Å². The van der Waals surface area contributed by atoms with Crippen LogP contribution in [-0.2, 0) is 0 Å². The normalized spacial score (nSPS) is 14.3. The molecule has 0 saturated heterocycles. The Morgan fingerprint density at radius 1 is 1.21 bits per heavy atom. The first-order valence-electron chi connectivity index (χ1n) is 7.19. The molecule has 19 heavy (non-hydrogen) atoms. The topological polar surface area (TPSA) is 47.0 Å². The van der Waals surface area contributed by atoms with Crippen LogP contribution in [-0.4, -0.2) is 22.1 Å². The fraction of sp³-hybridized carbons (Fsp3) is 0.733. The summed E-state index contributed by atoms with van der Waals surface area (Å²) in [6.45, 7) is 12.6. The van der Waals surface area contributed by atoms with Crippen LogP contribution in [0.1, 0.15) is 53.2 Å². The molecule has 0 bridgehead atoms. The second-order valence-electron chi connectivity index (χ2n) is 5.63. The van der Waals surface area contributed by atoms with Crippen molar-refractivity contribution in [2.45, 2.75) is 66.5 Å². The maximum absolute atomic E-state index is 5.63. The zero-order valence-electron chi connectivity index (χ0n) is 13.0. The van der Waals surface area contributed by atoms with E-state index in [1.54, 1.807) is 0 Å². The standard InChI is InChI=1S/C15H27N3O/c1-7-11(4)8-12(5)16-15-17-13(6)9-14(18-15)19-10(2)3/h9-12H,7-8H2,1-6H3,(H,16,17,18). The number of nitrogens with one attached hydrogen (secondary N) is 1. The van der Waals surface area contributed by atoms with E-state index in [0.717, 1.165) is 12.1 Å². The summed E-state index contributed by atoms with van der Waals surface area (Å²) in [5, 5.41) is 3.36. The maximum atomic E-state index is 5.63. The number of anilines is 1. The molecule has 2 atom stereocenters. The van der Waals surface area contributed by atoms with Crippen LogP contribution in [0, 0.1) is 12.8 Å². The Hall–Kier alpha value is -1.32. The molecule has 0 spiro atoms. The lowest BCUT2D eigenvalue weighted by Crippen LogP contribution is -2.20. The zero-order valence-corrected chi connectivity index (χ0v) is 13.0. The Morgan fingerprint density at radius 2 is 1.89 bits per heavy atom. The van der Waals surface area contributed by atoms with Gasteiger partial charge in [-0.3, -0.25) is 0 Å². The molecule has 0 radical (unpaired) electrons. The molecule has 1 aromatic heterocycles. The summed E-state index contributed by atoms with van der Waals surface area (Å²) >= 11 is 0. The number of rotatable bonds is 7.